The maximum Gasteiger partial charge on any atom is 0.338 e. The van der Waals surface area contributed by atoms with E-state index in [0.717, 1.165) is 11.3 Å². The van der Waals surface area contributed by atoms with Crippen LogP contribution in [0, 0.1) is 0 Å². The van der Waals surface area contributed by atoms with E-state index in [-0.39, 0.29) is 18.9 Å². The molecule has 0 saturated carbocycles. The predicted octanol–water partition coefficient (Wildman–Crippen LogP) is 3.26. The number of benzene rings is 1. The van der Waals surface area contributed by atoms with Crippen molar-refractivity contribution in [3.8, 4) is 11.5 Å². The van der Waals surface area contributed by atoms with Crippen LogP contribution >= 0.6 is 11.8 Å². The topological polar surface area (TPSA) is 89.9 Å². The summed E-state index contributed by atoms with van der Waals surface area (Å²) in [5.41, 5.74) is 2.42. The van der Waals surface area contributed by atoms with E-state index in [9.17, 15) is 9.59 Å². The van der Waals surface area contributed by atoms with E-state index in [0.29, 0.717) is 54.2 Å². The third kappa shape index (κ3) is 5.08. The average Bonchev–Trinajstić information content (AvgIpc) is 3.28. The number of amides is 1. The van der Waals surface area contributed by atoms with Gasteiger partial charge in [-0.1, -0.05) is 24.4 Å². The number of hydrogen-bond acceptors (Lipinski definition) is 9. The van der Waals surface area contributed by atoms with Gasteiger partial charge in [-0.15, -0.1) is 0 Å². The SMILES string of the molecule is C=CCOC(=O)C1=C(C)N=C2SC=C(CC(=O)N3CCOCC3)N2[C@H]1c1ccc(OC)cc1OC. The van der Waals surface area contributed by atoms with Crippen LogP contribution in [0.2, 0.25) is 0 Å². The van der Waals surface area contributed by atoms with Crippen LogP contribution in [0.1, 0.15) is 24.9 Å². The molecule has 3 aliphatic rings. The maximum absolute atomic E-state index is 13.2. The fraction of sp³-hybridized carbons (Fsp3) is 0.400. The molecule has 3 aliphatic heterocycles. The molecule has 4 rings (SSSR count). The highest BCUT2D eigenvalue weighted by molar-refractivity contribution is 8.16. The highest BCUT2D eigenvalue weighted by Crippen LogP contribution is 2.47. The Morgan fingerprint density at radius 2 is 2.03 bits per heavy atom. The number of ether oxygens (including phenoxy) is 4. The molecule has 0 bridgehead atoms. The quantitative estimate of drug-likeness (QED) is 0.398. The maximum atomic E-state index is 13.2. The van der Waals surface area contributed by atoms with E-state index in [1.165, 1.54) is 17.8 Å². The standard InChI is InChI=1S/C25H29N3O6S/c1-5-10-34-24(30)22-16(2)26-25-28(23(22)19-7-6-18(31-3)14-20(19)32-4)17(15-35-25)13-21(29)27-8-11-33-12-9-27/h5-7,14-15,23H,1,8-13H2,2-4H3/t23-/m0/s1. The summed E-state index contributed by atoms with van der Waals surface area (Å²) in [5, 5.41) is 2.61. The van der Waals surface area contributed by atoms with E-state index in [2.05, 4.69) is 11.6 Å². The van der Waals surface area contributed by atoms with Gasteiger partial charge in [0.15, 0.2) is 5.17 Å². The number of rotatable bonds is 8. The molecular weight excluding hydrogens is 470 g/mol. The Labute approximate surface area is 209 Å². The highest BCUT2D eigenvalue weighted by atomic mass is 32.2. The number of fused-ring (bicyclic) bond motifs is 1. The van der Waals surface area contributed by atoms with Gasteiger partial charge in [0.2, 0.25) is 5.91 Å². The molecule has 0 N–H and O–H groups in total. The fourth-order valence-electron chi connectivity index (χ4n) is 4.26. The van der Waals surface area contributed by atoms with Crippen LogP contribution in [0.15, 0.2) is 58.2 Å². The van der Waals surface area contributed by atoms with E-state index in [1.807, 2.05) is 22.4 Å². The Kier molecular flexibility index (Phi) is 7.82. The molecule has 3 heterocycles. The molecule has 186 valence electrons. The molecule has 0 spiro atoms. The number of methoxy groups -OCH3 is 2. The number of thioether (sulfide) groups is 1. The Balaban J connectivity index is 1.75. The Morgan fingerprint density at radius 3 is 2.71 bits per heavy atom. The van der Waals surface area contributed by atoms with E-state index < -0.39 is 12.0 Å². The molecule has 1 amide bonds. The summed E-state index contributed by atoms with van der Waals surface area (Å²) < 4.78 is 21.9. The second-order valence-corrected chi connectivity index (χ2v) is 8.89. The predicted molar refractivity (Wildman–Crippen MR) is 133 cm³/mol. The summed E-state index contributed by atoms with van der Waals surface area (Å²) in [6, 6.07) is 4.86. The third-order valence-electron chi connectivity index (χ3n) is 5.98. The lowest BCUT2D eigenvalue weighted by Gasteiger charge is -2.37. The zero-order valence-corrected chi connectivity index (χ0v) is 20.9. The van der Waals surface area contributed by atoms with Crippen LogP contribution in [-0.2, 0) is 19.1 Å². The number of carbonyl (C=O) groups is 2. The third-order valence-corrected chi connectivity index (χ3v) is 6.87. The van der Waals surface area contributed by atoms with E-state index in [4.69, 9.17) is 18.9 Å². The molecule has 35 heavy (non-hydrogen) atoms. The molecule has 10 heteroatoms. The van der Waals surface area contributed by atoms with Gasteiger partial charge in [0.25, 0.3) is 0 Å². The van der Waals surface area contributed by atoms with Gasteiger partial charge in [-0.2, -0.15) is 0 Å². The minimum Gasteiger partial charge on any atom is -0.497 e. The number of allylic oxidation sites excluding steroid dienone is 1. The van der Waals surface area contributed by atoms with Gasteiger partial charge in [-0.3, -0.25) is 4.79 Å². The largest absolute Gasteiger partial charge is 0.497 e. The zero-order chi connectivity index (χ0) is 24.9. The number of esters is 1. The molecule has 1 atom stereocenters. The van der Waals surface area contributed by atoms with Gasteiger partial charge < -0.3 is 28.7 Å². The zero-order valence-electron chi connectivity index (χ0n) is 20.1. The monoisotopic (exact) mass is 499 g/mol. The molecule has 1 aromatic rings. The van der Waals surface area contributed by atoms with Gasteiger partial charge in [0.1, 0.15) is 18.1 Å². The number of hydrogen-bond donors (Lipinski definition) is 0. The molecule has 0 aliphatic carbocycles. The molecule has 1 aromatic carbocycles. The smallest absolute Gasteiger partial charge is 0.338 e. The van der Waals surface area contributed by atoms with Gasteiger partial charge >= 0.3 is 5.97 Å². The van der Waals surface area contributed by atoms with Crippen LogP contribution in [0.4, 0.5) is 0 Å². The molecule has 0 radical (unpaired) electrons. The Hall–Kier alpha value is -3.24. The lowest BCUT2D eigenvalue weighted by atomic mass is 9.93. The van der Waals surface area contributed by atoms with Crippen LogP contribution in [0.25, 0.3) is 0 Å². The Morgan fingerprint density at radius 1 is 1.26 bits per heavy atom. The molecule has 0 aromatic heterocycles. The first kappa shape index (κ1) is 24.9. The molecular formula is C25H29N3O6S. The second kappa shape index (κ2) is 11.0. The summed E-state index contributed by atoms with van der Waals surface area (Å²) in [6.07, 6.45) is 1.70. The summed E-state index contributed by atoms with van der Waals surface area (Å²) in [6.45, 7) is 7.68. The lowest BCUT2D eigenvalue weighted by Crippen LogP contribution is -2.42. The van der Waals surface area contributed by atoms with Crippen molar-refractivity contribution in [1.82, 2.24) is 9.80 Å². The first-order valence-electron chi connectivity index (χ1n) is 11.3. The minimum atomic E-state index is -0.598. The van der Waals surface area contributed by atoms with Gasteiger partial charge in [-0.05, 0) is 24.5 Å². The number of nitrogens with zero attached hydrogens (tertiary/aromatic N) is 3. The van der Waals surface area contributed by atoms with Crippen molar-refractivity contribution in [2.24, 2.45) is 4.99 Å². The normalized spacial score (nSPS) is 19.6. The number of morpholine rings is 1. The lowest BCUT2D eigenvalue weighted by molar-refractivity contribution is -0.138. The van der Waals surface area contributed by atoms with Crippen molar-refractivity contribution in [3.63, 3.8) is 0 Å². The molecule has 9 nitrogen and oxygen atoms in total. The molecule has 0 unspecified atom stereocenters. The number of carbonyl (C=O) groups excluding carboxylic acids is 2. The van der Waals surface area contributed by atoms with Crippen molar-refractivity contribution in [3.05, 3.63) is 58.8 Å². The molecule has 1 fully saturated rings. The average molecular weight is 500 g/mol. The second-order valence-electron chi connectivity index (χ2n) is 8.06. The summed E-state index contributed by atoms with van der Waals surface area (Å²) >= 11 is 1.43. The van der Waals surface area contributed by atoms with Crippen LogP contribution in [0.3, 0.4) is 0 Å². The Bertz CT molecular complexity index is 1110. The van der Waals surface area contributed by atoms with Crippen molar-refractivity contribution < 1.29 is 28.5 Å². The summed E-state index contributed by atoms with van der Waals surface area (Å²) in [7, 11) is 3.15. The van der Waals surface area contributed by atoms with Gasteiger partial charge in [-0.25, -0.2) is 9.79 Å². The first-order valence-corrected chi connectivity index (χ1v) is 12.2. The van der Waals surface area contributed by atoms with Crippen LogP contribution in [-0.4, -0.2) is 74.0 Å². The highest BCUT2D eigenvalue weighted by Gasteiger charge is 2.42. The van der Waals surface area contributed by atoms with Crippen molar-refractivity contribution in [2.75, 3.05) is 47.1 Å². The van der Waals surface area contributed by atoms with Gasteiger partial charge in [0.05, 0.1) is 51.2 Å². The van der Waals surface area contributed by atoms with Crippen LogP contribution in [0.5, 0.6) is 11.5 Å². The van der Waals surface area contributed by atoms with E-state index >= 15 is 0 Å². The van der Waals surface area contributed by atoms with E-state index in [1.54, 1.807) is 32.1 Å². The summed E-state index contributed by atoms with van der Waals surface area (Å²) in [5.74, 6) is 0.682. The number of amidine groups is 1. The summed E-state index contributed by atoms with van der Waals surface area (Å²) in [4.78, 5) is 34.8. The first-order chi connectivity index (χ1) is 17.0. The van der Waals surface area contributed by atoms with Crippen LogP contribution < -0.4 is 9.47 Å². The number of aliphatic imine (C=N–C) groups is 1. The molecule has 1 saturated heterocycles. The fourth-order valence-corrected chi connectivity index (χ4v) is 5.23. The van der Waals surface area contributed by atoms with Crippen molar-refractivity contribution in [1.29, 1.82) is 0 Å². The van der Waals surface area contributed by atoms with Gasteiger partial charge in [0, 0.05) is 30.4 Å². The van der Waals surface area contributed by atoms with Crippen molar-refractivity contribution in [2.45, 2.75) is 19.4 Å². The minimum absolute atomic E-state index is 0.00362. The van der Waals surface area contributed by atoms with Crippen molar-refractivity contribution >= 4 is 28.8 Å².